The lowest BCUT2D eigenvalue weighted by atomic mass is 10.0. The summed E-state index contributed by atoms with van der Waals surface area (Å²) < 4.78 is 5.81. The van der Waals surface area contributed by atoms with Crippen LogP contribution in [-0.4, -0.2) is 11.9 Å². The second-order valence-corrected chi connectivity index (χ2v) is 4.11. The maximum atomic E-state index is 11.8. The molecule has 0 saturated heterocycles. The molecule has 1 aliphatic rings. The molecular formula is C13H16O2. The number of fused-ring (bicyclic) bond motifs is 1. The molecule has 0 N–H and O–H groups in total. The zero-order valence-electron chi connectivity index (χ0n) is 9.25. The van der Waals surface area contributed by atoms with Gasteiger partial charge in [0.25, 0.3) is 0 Å². The molecule has 80 valence electrons. The fraction of sp³-hybridized carbons (Fsp3) is 0.462. The van der Waals surface area contributed by atoms with Gasteiger partial charge < -0.3 is 4.74 Å². The van der Waals surface area contributed by atoms with Gasteiger partial charge in [-0.05, 0) is 31.9 Å². The van der Waals surface area contributed by atoms with Crippen molar-refractivity contribution in [2.24, 2.45) is 0 Å². The Hall–Kier alpha value is -1.31. The first-order valence-corrected chi connectivity index (χ1v) is 5.51. The van der Waals surface area contributed by atoms with E-state index in [9.17, 15) is 4.79 Å². The molecule has 1 aromatic carbocycles. The molecule has 2 nitrogen and oxygen atoms in total. The van der Waals surface area contributed by atoms with E-state index in [-0.39, 0.29) is 11.9 Å². The molecule has 0 spiro atoms. The van der Waals surface area contributed by atoms with Crippen LogP contribution >= 0.6 is 0 Å². The maximum Gasteiger partial charge on any atom is 0.166 e. The van der Waals surface area contributed by atoms with Crippen LogP contribution in [-0.2, 0) is 0 Å². The smallest absolute Gasteiger partial charge is 0.166 e. The van der Waals surface area contributed by atoms with Crippen molar-refractivity contribution in [3.8, 4) is 5.75 Å². The molecular weight excluding hydrogens is 188 g/mol. The number of hydrogen-bond acceptors (Lipinski definition) is 2. The number of carbonyl (C=O) groups excluding carboxylic acids is 1. The topological polar surface area (TPSA) is 26.3 Å². The molecule has 2 heteroatoms. The van der Waals surface area contributed by atoms with Crippen molar-refractivity contribution in [2.75, 3.05) is 0 Å². The molecule has 0 bridgehead atoms. The van der Waals surface area contributed by atoms with E-state index in [4.69, 9.17) is 4.74 Å². The molecule has 0 amide bonds. The quantitative estimate of drug-likeness (QED) is 0.702. The molecule has 0 saturated carbocycles. The van der Waals surface area contributed by atoms with E-state index in [2.05, 4.69) is 6.92 Å². The van der Waals surface area contributed by atoms with Crippen LogP contribution in [0.25, 0.3) is 0 Å². The summed E-state index contributed by atoms with van der Waals surface area (Å²) >= 11 is 0. The Morgan fingerprint density at radius 1 is 1.47 bits per heavy atom. The van der Waals surface area contributed by atoms with Crippen molar-refractivity contribution in [1.82, 2.24) is 0 Å². The molecule has 1 unspecified atom stereocenters. The number of rotatable bonds is 1. The number of Topliss-reactive ketones (excluding diaryl/α,β-unsaturated/α-hetero) is 1. The molecule has 0 fully saturated rings. The van der Waals surface area contributed by atoms with E-state index in [1.807, 2.05) is 25.1 Å². The van der Waals surface area contributed by atoms with Crippen LogP contribution < -0.4 is 4.74 Å². The summed E-state index contributed by atoms with van der Waals surface area (Å²) in [5.41, 5.74) is 1.87. The van der Waals surface area contributed by atoms with Gasteiger partial charge in [-0.25, -0.2) is 0 Å². The van der Waals surface area contributed by atoms with Gasteiger partial charge in [-0.2, -0.15) is 0 Å². The van der Waals surface area contributed by atoms with Gasteiger partial charge in [-0.15, -0.1) is 0 Å². The SMILES string of the molecule is CCC1CCC(=O)c2cc(C)ccc2O1. The van der Waals surface area contributed by atoms with Gasteiger partial charge in [-0.1, -0.05) is 18.6 Å². The van der Waals surface area contributed by atoms with E-state index in [1.165, 1.54) is 0 Å². The van der Waals surface area contributed by atoms with E-state index in [1.54, 1.807) is 0 Å². The number of carbonyl (C=O) groups is 1. The fourth-order valence-corrected chi connectivity index (χ4v) is 1.92. The monoisotopic (exact) mass is 204 g/mol. The van der Waals surface area contributed by atoms with Crippen LogP contribution in [0.4, 0.5) is 0 Å². The number of benzene rings is 1. The molecule has 0 aromatic heterocycles. The van der Waals surface area contributed by atoms with Gasteiger partial charge >= 0.3 is 0 Å². The summed E-state index contributed by atoms with van der Waals surface area (Å²) in [4.78, 5) is 11.8. The lowest BCUT2D eigenvalue weighted by Gasteiger charge is -2.14. The van der Waals surface area contributed by atoms with E-state index in [0.29, 0.717) is 6.42 Å². The number of aryl methyl sites for hydroxylation is 1. The van der Waals surface area contributed by atoms with E-state index < -0.39 is 0 Å². The number of ketones is 1. The molecule has 0 radical (unpaired) electrons. The Kier molecular flexibility index (Phi) is 2.76. The third kappa shape index (κ3) is 2.04. The van der Waals surface area contributed by atoms with Crippen molar-refractivity contribution in [3.05, 3.63) is 29.3 Å². The van der Waals surface area contributed by atoms with Gasteiger partial charge in [0.1, 0.15) is 5.75 Å². The molecule has 2 rings (SSSR count). The Bertz CT molecular complexity index is 382. The van der Waals surface area contributed by atoms with Crippen LogP contribution in [0.15, 0.2) is 18.2 Å². The molecule has 1 aliphatic heterocycles. The van der Waals surface area contributed by atoms with E-state index in [0.717, 1.165) is 29.7 Å². The largest absolute Gasteiger partial charge is 0.490 e. The predicted octanol–water partition coefficient (Wildman–Crippen LogP) is 3.13. The summed E-state index contributed by atoms with van der Waals surface area (Å²) in [6.07, 6.45) is 2.59. The molecule has 1 aromatic rings. The minimum atomic E-state index is 0.193. The number of hydrogen-bond donors (Lipinski definition) is 0. The minimum Gasteiger partial charge on any atom is -0.490 e. The molecule has 1 atom stereocenters. The first-order chi connectivity index (χ1) is 7.20. The van der Waals surface area contributed by atoms with Gasteiger partial charge in [0, 0.05) is 6.42 Å². The summed E-state index contributed by atoms with van der Waals surface area (Å²) in [7, 11) is 0. The summed E-state index contributed by atoms with van der Waals surface area (Å²) in [5, 5.41) is 0. The minimum absolute atomic E-state index is 0.193. The molecule has 1 heterocycles. The average molecular weight is 204 g/mol. The third-order valence-electron chi connectivity index (χ3n) is 2.88. The highest BCUT2D eigenvalue weighted by Gasteiger charge is 2.21. The second kappa shape index (κ2) is 4.05. The lowest BCUT2D eigenvalue weighted by Crippen LogP contribution is -2.13. The van der Waals surface area contributed by atoms with Gasteiger partial charge in [0.2, 0.25) is 0 Å². The fourth-order valence-electron chi connectivity index (χ4n) is 1.92. The standard InChI is InChI=1S/C13H16O2/c1-3-10-5-6-12(14)11-8-9(2)4-7-13(11)15-10/h4,7-8,10H,3,5-6H2,1-2H3. The summed E-state index contributed by atoms with van der Waals surface area (Å²) in [5.74, 6) is 0.972. The first-order valence-electron chi connectivity index (χ1n) is 5.51. The van der Waals surface area contributed by atoms with Crippen molar-refractivity contribution in [2.45, 2.75) is 39.2 Å². The van der Waals surface area contributed by atoms with Crippen molar-refractivity contribution >= 4 is 5.78 Å². The predicted molar refractivity (Wildman–Crippen MR) is 59.5 cm³/mol. The van der Waals surface area contributed by atoms with Crippen LogP contribution in [0, 0.1) is 6.92 Å². The summed E-state index contributed by atoms with van der Waals surface area (Å²) in [6.45, 7) is 4.09. The van der Waals surface area contributed by atoms with Gasteiger partial charge in [0.15, 0.2) is 5.78 Å². The number of ether oxygens (including phenoxy) is 1. The van der Waals surface area contributed by atoms with Crippen molar-refractivity contribution in [3.63, 3.8) is 0 Å². The zero-order chi connectivity index (χ0) is 10.8. The van der Waals surface area contributed by atoms with Crippen molar-refractivity contribution in [1.29, 1.82) is 0 Å². The third-order valence-corrected chi connectivity index (χ3v) is 2.88. The van der Waals surface area contributed by atoms with Crippen LogP contribution in [0.3, 0.4) is 0 Å². The highest BCUT2D eigenvalue weighted by atomic mass is 16.5. The van der Waals surface area contributed by atoms with Gasteiger partial charge in [-0.3, -0.25) is 4.79 Å². The lowest BCUT2D eigenvalue weighted by molar-refractivity contribution is 0.0976. The Morgan fingerprint density at radius 2 is 2.27 bits per heavy atom. The Morgan fingerprint density at radius 3 is 3.00 bits per heavy atom. The van der Waals surface area contributed by atoms with Crippen LogP contribution in [0.5, 0.6) is 5.75 Å². The normalized spacial score (nSPS) is 20.4. The van der Waals surface area contributed by atoms with Crippen LogP contribution in [0.2, 0.25) is 0 Å². The molecule has 15 heavy (non-hydrogen) atoms. The Labute approximate surface area is 90.3 Å². The average Bonchev–Trinajstić information content (AvgIpc) is 2.39. The maximum absolute atomic E-state index is 11.8. The first kappa shape index (κ1) is 10.2. The van der Waals surface area contributed by atoms with Gasteiger partial charge in [0.05, 0.1) is 11.7 Å². The van der Waals surface area contributed by atoms with Crippen molar-refractivity contribution < 1.29 is 9.53 Å². The van der Waals surface area contributed by atoms with Crippen LogP contribution in [0.1, 0.15) is 42.1 Å². The van der Waals surface area contributed by atoms with E-state index >= 15 is 0 Å². The second-order valence-electron chi connectivity index (χ2n) is 4.11. The highest BCUT2D eigenvalue weighted by molar-refractivity contribution is 5.99. The Balaban J connectivity index is 2.40. The highest BCUT2D eigenvalue weighted by Crippen LogP contribution is 2.28. The molecule has 0 aliphatic carbocycles. The zero-order valence-corrected chi connectivity index (χ0v) is 9.25. The summed E-state index contributed by atoms with van der Waals surface area (Å²) in [6, 6.07) is 5.83.